The molecule has 0 aliphatic carbocycles. The van der Waals surface area contributed by atoms with Crippen LogP contribution in [0, 0.1) is 6.92 Å². The molecule has 0 saturated carbocycles. The molecule has 0 amide bonds. The van der Waals surface area contributed by atoms with Crippen molar-refractivity contribution in [3.05, 3.63) is 59.4 Å². The van der Waals surface area contributed by atoms with Gasteiger partial charge >= 0.3 is 0 Å². The second kappa shape index (κ2) is 5.45. The zero-order valence-corrected chi connectivity index (χ0v) is 10.5. The first-order valence-corrected chi connectivity index (χ1v) is 5.90. The molecule has 0 fully saturated rings. The predicted octanol–water partition coefficient (Wildman–Crippen LogP) is 3.02. The van der Waals surface area contributed by atoms with Gasteiger partial charge in [0.1, 0.15) is 5.75 Å². The zero-order chi connectivity index (χ0) is 13.0. The lowest BCUT2D eigenvalue weighted by atomic mass is 10.0. The van der Waals surface area contributed by atoms with Crippen molar-refractivity contribution >= 4 is 5.78 Å². The number of hydrogen-bond acceptors (Lipinski definition) is 3. The highest BCUT2D eigenvalue weighted by Crippen LogP contribution is 2.15. The number of carbonyl (C=O) groups is 1. The van der Waals surface area contributed by atoms with Crippen molar-refractivity contribution in [1.82, 2.24) is 4.98 Å². The Labute approximate surface area is 106 Å². The third-order valence-electron chi connectivity index (χ3n) is 2.56. The molecule has 3 nitrogen and oxygen atoms in total. The van der Waals surface area contributed by atoms with E-state index in [9.17, 15) is 4.79 Å². The van der Waals surface area contributed by atoms with Crippen LogP contribution in [0.3, 0.4) is 0 Å². The van der Waals surface area contributed by atoms with Crippen molar-refractivity contribution in [1.29, 1.82) is 0 Å². The third kappa shape index (κ3) is 2.74. The molecule has 1 aromatic carbocycles. The Kier molecular flexibility index (Phi) is 3.72. The minimum atomic E-state index is -0.0192. The minimum absolute atomic E-state index is 0.0192. The van der Waals surface area contributed by atoms with Crippen LogP contribution in [0.2, 0.25) is 0 Å². The van der Waals surface area contributed by atoms with Gasteiger partial charge in [-0.25, -0.2) is 0 Å². The number of carbonyl (C=O) groups excluding carboxylic acids is 1. The van der Waals surface area contributed by atoms with Crippen molar-refractivity contribution in [3.8, 4) is 5.75 Å². The molecule has 1 aromatic heterocycles. The summed E-state index contributed by atoms with van der Waals surface area (Å²) < 4.78 is 5.34. The third-order valence-corrected chi connectivity index (χ3v) is 2.56. The van der Waals surface area contributed by atoms with Gasteiger partial charge in [0.25, 0.3) is 0 Å². The zero-order valence-electron chi connectivity index (χ0n) is 10.5. The molecule has 0 saturated heterocycles. The summed E-state index contributed by atoms with van der Waals surface area (Å²) in [6.07, 6.45) is 3.32. The molecule has 0 aliphatic rings. The van der Waals surface area contributed by atoms with Crippen molar-refractivity contribution in [2.45, 2.75) is 13.8 Å². The van der Waals surface area contributed by atoms with Gasteiger partial charge in [0.15, 0.2) is 5.78 Å². The van der Waals surface area contributed by atoms with E-state index in [1.165, 1.54) is 0 Å². The van der Waals surface area contributed by atoms with Gasteiger partial charge in [-0.15, -0.1) is 0 Å². The van der Waals surface area contributed by atoms with Gasteiger partial charge in [0.2, 0.25) is 0 Å². The lowest BCUT2D eigenvalue weighted by molar-refractivity contribution is 0.103. The first-order chi connectivity index (χ1) is 8.70. The number of pyridine rings is 1. The molecule has 2 rings (SSSR count). The molecule has 1 heterocycles. The molecule has 92 valence electrons. The molecule has 0 N–H and O–H groups in total. The fourth-order valence-corrected chi connectivity index (χ4v) is 1.71. The summed E-state index contributed by atoms with van der Waals surface area (Å²) in [6, 6.07) is 9.00. The van der Waals surface area contributed by atoms with E-state index in [1.807, 2.05) is 19.9 Å². The molecule has 3 heteroatoms. The Morgan fingerprint density at radius 3 is 2.50 bits per heavy atom. The highest BCUT2D eigenvalue weighted by molar-refractivity contribution is 6.08. The molecule has 0 unspecified atom stereocenters. The topological polar surface area (TPSA) is 39.2 Å². The van der Waals surface area contributed by atoms with Gasteiger partial charge in [0.05, 0.1) is 6.61 Å². The highest BCUT2D eigenvalue weighted by atomic mass is 16.5. The largest absolute Gasteiger partial charge is 0.494 e. The van der Waals surface area contributed by atoms with Crippen molar-refractivity contribution in [2.24, 2.45) is 0 Å². The van der Waals surface area contributed by atoms with Gasteiger partial charge in [-0.2, -0.15) is 0 Å². The number of hydrogen-bond donors (Lipinski definition) is 0. The first kappa shape index (κ1) is 12.3. The Balaban J connectivity index is 2.23. The summed E-state index contributed by atoms with van der Waals surface area (Å²) in [5.41, 5.74) is 2.23. The van der Waals surface area contributed by atoms with E-state index in [2.05, 4.69) is 4.98 Å². The summed E-state index contributed by atoms with van der Waals surface area (Å²) in [4.78, 5) is 16.2. The maximum atomic E-state index is 12.2. The Morgan fingerprint density at radius 1 is 1.17 bits per heavy atom. The van der Waals surface area contributed by atoms with Gasteiger partial charge < -0.3 is 4.74 Å². The number of aromatic nitrogens is 1. The maximum Gasteiger partial charge on any atom is 0.194 e. The van der Waals surface area contributed by atoms with Crippen molar-refractivity contribution in [3.63, 3.8) is 0 Å². The van der Waals surface area contributed by atoms with E-state index in [0.29, 0.717) is 17.7 Å². The van der Waals surface area contributed by atoms with E-state index in [-0.39, 0.29) is 5.78 Å². The molecule has 18 heavy (non-hydrogen) atoms. The van der Waals surface area contributed by atoms with Crippen LogP contribution in [0.1, 0.15) is 28.4 Å². The minimum Gasteiger partial charge on any atom is -0.494 e. The maximum absolute atomic E-state index is 12.2. The smallest absolute Gasteiger partial charge is 0.194 e. The number of ether oxygens (including phenoxy) is 1. The van der Waals surface area contributed by atoms with E-state index < -0.39 is 0 Å². The molecule has 0 radical (unpaired) electrons. The molecule has 0 aliphatic heterocycles. The number of nitrogens with zero attached hydrogens (tertiary/aromatic N) is 1. The Bertz CT molecular complexity index is 547. The molecule has 0 spiro atoms. The lowest BCUT2D eigenvalue weighted by Gasteiger charge is -2.05. The van der Waals surface area contributed by atoms with E-state index in [0.717, 1.165) is 11.3 Å². The fourth-order valence-electron chi connectivity index (χ4n) is 1.71. The number of rotatable bonds is 4. The first-order valence-electron chi connectivity index (χ1n) is 5.90. The van der Waals surface area contributed by atoms with Crippen LogP contribution >= 0.6 is 0 Å². The highest BCUT2D eigenvalue weighted by Gasteiger charge is 2.09. The summed E-state index contributed by atoms with van der Waals surface area (Å²) in [5, 5.41) is 0. The van der Waals surface area contributed by atoms with Gasteiger partial charge in [-0.1, -0.05) is 0 Å². The average molecular weight is 241 g/mol. The Hall–Kier alpha value is -2.16. The number of benzene rings is 1. The van der Waals surface area contributed by atoms with Crippen LogP contribution in [0.5, 0.6) is 5.75 Å². The second-order valence-corrected chi connectivity index (χ2v) is 4.04. The molecule has 0 atom stereocenters. The molecule has 0 bridgehead atoms. The predicted molar refractivity (Wildman–Crippen MR) is 70.0 cm³/mol. The molecular formula is C15H15NO2. The van der Waals surface area contributed by atoms with Gasteiger partial charge in [0, 0.05) is 23.5 Å². The van der Waals surface area contributed by atoms with Crippen LogP contribution in [-0.2, 0) is 0 Å². The van der Waals surface area contributed by atoms with Crippen LogP contribution in [-0.4, -0.2) is 17.4 Å². The SMILES string of the molecule is CCOc1ccc(C(=O)c2cncc(C)c2)cc1. The fraction of sp³-hybridized carbons (Fsp3) is 0.200. The molecule has 2 aromatic rings. The quantitative estimate of drug-likeness (QED) is 0.772. The number of ketones is 1. The van der Waals surface area contributed by atoms with Crippen LogP contribution in [0.4, 0.5) is 0 Å². The van der Waals surface area contributed by atoms with Crippen LogP contribution in [0.25, 0.3) is 0 Å². The Morgan fingerprint density at radius 2 is 1.89 bits per heavy atom. The lowest BCUT2D eigenvalue weighted by Crippen LogP contribution is -2.02. The second-order valence-electron chi connectivity index (χ2n) is 4.04. The van der Waals surface area contributed by atoms with E-state index >= 15 is 0 Å². The summed E-state index contributed by atoms with van der Waals surface area (Å²) in [7, 11) is 0. The van der Waals surface area contributed by atoms with Crippen LogP contribution in [0.15, 0.2) is 42.7 Å². The van der Waals surface area contributed by atoms with Crippen molar-refractivity contribution in [2.75, 3.05) is 6.61 Å². The van der Waals surface area contributed by atoms with E-state index in [4.69, 9.17) is 4.74 Å². The van der Waals surface area contributed by atoms with Gasteiger partial charge in [-0.3, -0.25) is 9.78 Å². The van der Waals surface area contributed by atoms with Gasteiger partial charge in [-0.05, 0) is 49.7 Å². The number of aryl methyl sites for hydroxylation is 1. The standard InChI is InChI=1S/C15H15NO2/c1-3-18-14-6-4-12(5-7-14)15(17)13-8-11(2)9-16-10-13/h4-10H,3H2,1-2H3. The van der Waals surface area contributed by atoms with Crippen molar-refractivity contribution < 1.29 is 9.53 Å². The molecular weight excluding hydrogens is 226 g/mol. The average Bonchev–Trinajstić information content (AvgIpc) is 2.39. The normalized spacial score (nSPS) is 10.1. The summed E-state index contributed by atoms with van der Waals surface area (Å²) in [6.45, 7) is 4.47. The summed E-state index contributed by atoms with van der Waals surface area (Å²) >= 11 is 0. The summed E-state index contributed by atoms with van der Waals surface area (Å²) in [5.74, 6) is 0.755. The van der Waals surface area contributed by atoms with Crippen LogP contribution < -0.4 is 4.74 Å². The van der Waals surface area contributed by atoms with E-state index in [1.54, 1.807) is 36.7 Å². The monoisotopic (exact) mass is 241 g/mol.